The van der Waals surface area contributed by atoms with Crippen LogP contribution in [0.15, 0.2) is 0 Å². The maximum absolute atomic E-state index is 12.2. The highest BCUT2D eigenvalue weighted by molar-refractivity contribution is 5.82. The summed E-state index contributed by atoms with van der Waals surface area (Å²) < 4.78 is 5.37. The number of carbonyl (C=O) groups excluding carboxylic acids is 1. The molecule has 2 aliphatic heterocycles. The molecule has 0 aliphatic carbocycles. The number of nitrogens with one attached hydrogen (secondary N) is 2. The van der Waals surface area contributed by atoms with Crippen LogP contribution in [0.5, 0.6) is 0 Å². The van der Waals surface area contributed by atoms with Gasteiger partial charge in [0.2, 0.25) is 5.91 Å². The van der Waals surface area contributed by atoms with E-state index in [9.17, 15) is 4.79 Å². The van der Waals surface area contributed by atoms with Crippen LogP contribution in [-0.4, -0.2) is 62.3 Å². The van der Waals surface area contributed by atoms with Crippen molar-refractivity contribution in [2.24, 2.45) is 5.92 Å². The van der Waals surface area contributed by atoms with Crippen molar-refractivity contribution < 1.29 is 9.53 Å². The molecule has 2 aliphatic rings. The molecule has 0 radical (unpaired) electrons. The smallest absolute Gasteiger partial charge is 0.239 e. The topological polar surface area (TPSA) is 53.6 Å². The number of likely N-dealkylation sites (tertiary alicyclic amines) is 1. The maximum atomic E-state index is 12.2. The molecule has 0 bridgehead atoms. The number of rotatable bonds is 7. The average Bonchev–Trinajstić information content (AvgIpc) is 3.06. The predicted molar refractivity (Wildman–Crippen MR) is 84.3 cm³/mol. The second-order valence-corrected chi connectivity index (χ2v) is 6.21. The third-order valence-electron chi connectivity index (χ3n) is 4.93. The molecule has 2 atom stereocenters. The maximum Gasteiger partial charge on any atom is 0.239 e. The number of carbonyl (C=O) groups is 1. The summed E-state index contributed by atoms with van der Waals surface area (Å²) in [6.45, 7) is 9.61. The fourth-order valence-corrected chi connectivity index (χ4v) is 3.56. The second-order valence-electron chi connectivity index (χ2n) is 6.21. The Balaban J connectivity index is 1.86. The monoisotopic (exact) mass is 297 g/mol. The quantitative estimate of drug-likeness (QED) is 0.736. The van der Waals surface area contributed by atoms with Gasteiger partial charge in [-0.1, -0.05) is 26.7 Å². The van der Waals surface area contributed by atoms with E-state index in [1.54, 1.807) is 0 Å². The first-order valence-corrected chi connectivity index (χ1v) is 8.59. The van der Waals surface area contributed by atoms with E-state index in [4.69, 9.17) is 4.74 Å². The van der Waals surface area contributed by atoms with Crippen molar-refractivity contribution in [3.63, 3.8) is 0 Å². The Labute approximate surface area is 128 Å². The van der Waals surface area contributed by atoms with Crippen LogP contribution in [0.3, 0.4) is 0 Å². The number of hydrogen-bond acceptors (Lipinski definition) is 4. The van der Waals surface area contributed by atoms with E-state index in [-0.39, 0.29) is 11.9 Å². The molecule has 2 unspecified atom stereocenters. The average molecular weight is 297 g/mol. The van der Waals surface area contributed by atoms with E-state index in [2.05, 4.69) is 29.4 Å². The van der Waals surface area contributed by atoms with E-state index in [0.717, 1.165) is 13.1 Å². The lowest BCUT2D eigenvalue weighted by Gasteiger charge is -2.34. The van der Waals surface area contributed by atoms with Gasteiger partial charge in [0.1, 0.15) is 6.04 Å². The molecule has 0 aromatic heterocycles. The Morgan fingerprint density at radius 2 is 2.05 bits per heavy atom. The first-order valence-electron chi connectivity index (χ1n) is 8.59. The van der Waals surface area contributed by atoms with E-state index in [1.807, 2.05) is 0 Å². The normalized spacial score (nSPS) is 25.2. The van der Waals surface area contributed by atoms with Crippen LogP contribution in [0.2, 0.25) is 0 Å². The number of amides is 1. The van der Waals surface area contributed by atoms with Crippen LogP contribution < -0.4 is 10.6 Å². The summed E-state index contributed by atoms with van der Waals surface area (Å²) in [4.78, 5) is 14.8. The highest BCUT2D eigenvalue weighted by Crippen LogP contribution is 2.22. The fourth-order valence-electron chi connectivity index (χ4n) is 3.56. The van der Waals surface area contributed by atoms with Gasteiger partial charge in [-0.05, 0) is 31.8 Å². The van der Waals surface area contributed by atoms with E-state index >= 15 is 0 Å². The van der Waals surface area contributed by atoms with Gasteiger partial charge in [-0.25, -0.2) is 0 Å². The van der Waals surface area contributed by atoms with Crippen LogP contribution in [0.25, 0.3) is 0 Å². The van der Waals surface area contributed by atoms with Crippen LogP contribution in [0.4, 0.5) is 0 Å². The van der Waals surface area contributed by atoms with Gasteiger partial charge in [0.05, 0.1) is 13.2 Å². The largest absolute Gasteiger partial charge is 0.378 e. The van der Waals surface area contributed by atoms with Crippen molar-refractivity contribution in [2.75, 3.05) is 39.4 Å². The molecule has 0 saturated carbocycles. The minimum absolute atomic E-state index is 0.0878. The first kappa shape index (κ1) is 16.7. The molecule has 2 fully saturated rings. The zero-order valence-electron chi connectivity index (χ0n) is 13.6. The lowest BCUT2D eigenvalue weighted by molar-refractivity contribution is -0.126. The van der Waals surface area contributed by atoms with E-state index < -0.39 is 0 Å². The Morgan fingerprint density at radius 1 is 1.33 bits per heavy atom. The summed E-state index contributed by atoms with van der Waals surface area (Å²) in [5, 5.41) is 6.37. The van der Waals surface area contributed by atoms with Gasteiger partial charge in [0.25, 0.3) is 0 Å². The SMILES string of the molecule is CCC(CC)C(CNC(=O)C1COCCN1)N1CCCC1. The van der Waals surface area contributed by atoms with Crippen LogP contribution in [0.1, 0.15) is 39.5 Å². The third-order valence-corrected chi connectivity index (χ3v) is 4.93. The molecule has 0 aromatic carbocycles. The molecule has 122 valence electrons. The highest BCUT2D eigenvalue weighted by Gasteiger charge is 2.29. The molecule has 1 amide bonds. The Bertz CT molecular complexity index is 307. The highest BCUT2D eigenvalue weighted by atomic mass is 16.5. The van der Waals surface area contributed by atoms with Crippen molar-refractivity contribution >= 4 is 5.91 Å². The van der Waals surface area contributed by atoms with Crippen molar-refractivity contribution in [1.82, 2.24) is 15.5 Å². The van der Waals surface area contributed by atoms with Crippen LogP contribution in [0, 0.1) is 5.92 Å². The van der Waals surface area contributed by atoms with Gasteiger partial charge in [-0.15, -0.1) is 0 Å². The van der Waals surface area contributed by atoms with Gasteiger partial charge in [0, 0.05) is 19.1 Å². The number of morpholine rings is 1. The molecule has 2 saturated heterocycles. The molecule has 5 nitrogen and oxygen atoms in total. The van der Waals surface area contributed by atoms with Gasteiger partial charge >= 0.3 is 0 Å². The van der Waals surface area contributed by atoms with Crippen molar-refractivity contribution in [2.45, 2.75) is 51.6 Å². The number of ether oxygens (including phenoxy) is 1. The summed E-state index contributed by atoms with van der Waals surface area (Å²) in [7, 11) is 0. The summed E-state index contributed by atoms with van der Waals surface area (Å²) in [5.74, 6) is 0.754. The minimum atomic E-state index is -0.181. The van der Waals surface area contributed by atoms with E-state index in [1.165, 1.54) is 38.8 Å². The number of hydrogen-bond donors (Lipinski definition) is 2. The van der Waals surface area contributed by atoms with Gasteiger partial charge in [0.15, 0.2) is 0 Å². The lowest BCUT2D eigenvalue weighted by atomic mass is 9.93. The second kappa shape index (κ2) is 8.71. The lowest BCUT2D eigenvalue weighted by Crippen LogP contribution is -2.54. The summed E-state index contributed by atoms with van der Waals surface area (Å²) >= 11 is 0. The van der Waals surface area contributed by atoms with Crippen molar-refractivity contribution in [3.8, 4) is 0 Å². The van der Waals surface area contributed by atoms with Gasteiger partial charge in [-0.3, -0.25) is 9.69 Å². The van der Waals surface area contributed by atoms with Crippen LogP contribution >= 0.6 is 0 Å². The van der Waals surface area contributed by atoms with E-state index in [0.29, 0.717) is 25.2 Å². The van der Waals surface area contributed by atoms with Gasteiger partial charge < -0.3 is 15.4 Å². The standard InChI is InChI=1S/C16H31N3O2/c1-3-13(4-2)15(19-8-5-6-9-19)11-18-16(20)14-12-21-10-7-17-14/h13-15,17H,3-12H2,1-2H3,(H,18,20). The third kappa shape index (κ3) is 4.66. The molecule has 21 heavy (non-hydrogen) atoms. The Morgan fingerprint density at radius 3 is 2.62 bits per heavy atom. The van der Waals surface area contributed by atoms with Crippen LogP contribution in [-0.2, 0) is 9.53 Å². The zero-order valence-corrected chi connectivity index (χ0v) is 13.6. The fraction of sp³-hybridized carbons (Fsp3) is 0.938. The molecule has 2 heterocycles. The molecule has 0 spiro atoms. The van der Waals surface area contributed by atoms with Crippen molar-refractivity contribution in [3.05, 3.63) is 0 Å². The number of nitrogens with zero attached hydrogens (tertiary/aromatic N) is 1. The summed E-state index contributed by atoms with van der Waals surface area (Å²) in [6.07, 6.45) is 4.95. The molecule has 5 heteroatoms. The zero-order chi connectivity index (χ0) is 15.1. The first-order chi connectivity index (χ1) is 10.3. The summed E-state index contributed by atoms with van der Waals surface area (Å²) in [5.41, 5.74) is 0. The molecular weight excluding hydrogens is 266 g/mol. The molecule has 2 N–H and O–H groups in total. The molecule has 2 rings (SSSR count). The summed E-state index contributed by atoms with van der Waals surface area (Å²) in [6, 6.07) is 0.302. The molecular formula is C16H31N3O2. The van der Waals surface area contributed by atoms with Crippen molar-refractivity contribution in [1.29, 1.82) is 0 Å². The Hall–Kier alpha value is -0.650. The predicted octanol–water partition coefficient (Wildman–Crippen LogP) is 0.992. The van der Waals surface area contributed by atoms with Gasteiger partial charge in [-0.2, -0.15) is 0 Å². The minimum Gasteiger partial charge on any atom is -0.378 e. The Kier molecular flexibility index (Phi) is 6.93. The molecule has 0 aromatic rings.